The van der Waals surface area contributed by atoms with Crippen molar-refractivity contribution in [2.75, 3.05) is 13.2 Å². The van der Waals surface area contributed by atoms with E-state index in [9.17, 15) is 14.7 Å². The number of aliphatic hydroxyl groups excluding tert-OH is 1. The highest BCUT2D eigenvalue weighted by molar-refractivity contribution is 5.95. The number of hydrogen-bond donors (Lipinski definition) is 3. The molecule has 1 atom stereocenters. The number of benzene rings is 1. The Labute approximate surface area is 117 Å². The monoisotopic (exact) mass is 280 g/mol. The van der Waals surface area contributed by atoms with Crippen LogP contribution >= 0.6 is 0 Å². The van der Waals surface area contributed by atoms with Crippen LogP contribution in [0.2, 0.25) is 0 Å². The Bertz CT molecular complexity index is 484. The van der Waals surface area contributed by atoms with Crippen LogP contribution < -0.4 is 15.8 Å². The number of primary amides is 1. The Kier molecular flexibility index (Phi) is 5.52. The van der Waals surface area contributed by atoms with Crippen molar-refractivity contribution in [3.05, 3.63) is 29.8 Å². The van der Waals surface area contributed by atoms with Gasteiger partial charge in [0.1, 0.15) is 5.75 Å². The van der Waals surface area contributed by atoms with Crippen LogP contribution in [-0.2, 0) is 4.79 Å². The van der Waals surface area contributed by atoms with Crippen LogP contribution in [-0.4, -0.2) is 35.7 Å². The second-order valence-electron chi connectivity index (χ2n) is 4.77. The van der Waals surface area contributed by atoms with Crippen molar-refractivity contribution in [3.63, 3.8) is 0 Å². The van der Waals surface area contributed by atoms with Crippen molar-refractivity contribution in [3.8, 4) is 5.75 Å². The molecule has 6 heteroatoms. The number of ether oxygens (including phenoxy) is 1. The van der Waals surface area contributed by atoms with Gasteiger partial charge < -0.3 is 20.9 Å². The molecule has 0 aromatic heterocycles. The summed E-state index contributed by atoms with van der Waals surface area (Å²) in [5, 5.41) is 11.9. The molecule has 110 valence electrons. The van der Waals surface area contributed by atoms with Crippen LogP contribution in [0.1, 0.15) is 30.6 Å². The molecule has 1 aromatic rings. The summed E-state index contributed by atoms with van der Waals surface area (Å²) in [7, 11) is 0. The van der Waals surface area contributed by atoms with E-state index in [1.54, 1.807) is 25.1 Å². The molecule has 20 heavy (non-hydrogen) atoms. The number of amides is 2. The zero-order valence-corrected chi connectivity index (χ0v) is 11.7. The lowest BCUT2D eigenvalue weighted by atomic mass is 10.0. The quantitative estimate of drug-likeness (QED) is 0.674. The molecule has 2 amide bonds. The Morgan fingerprint density at radius 2 is 2.05 bits per heavy atom. The van der Waals surface area contributed by atoms with Crippen LogP contribution in [0.5, 0.6) is 5.75 Å². The maximum Gasteiger partial charge on any atom is 0.258 e. The van der Waals surface area contributed by atoms with E-state index in [1.165, 1.54) is 6.07 Å². The molecule has 6 nitrogen and oxygen atoms in total. The first-order valence-corrected chi connectivity index (χ1v) is 6.35. The van der Waals surface area contributed by atoms with Gasteiger partial charge in [-0.05, 0) is 25.5 Å². The van der Waals surface area contributed by atoms with Gasteiger partial charge >= 0.3 is 0 Å². The normalized spacial score (nSPS) is 13.3. The second kappa shape index (κ2) is 6.91. The summed E-state index contributed by atoms with van der Waals surface area (Å²) >= 11 is 0. The van der Waals surface area contributed by atoms with E-state index in [0.717, 1.165) is 0 Å². The van der Waals surface area contributed by atoms with E-state index in [4.69, 9.17) is 10.5 Å². The average Bonchev–Trinajstić information content (AvgIpc) is 2.45. The number of para-hydroxylation sites is 1. The van der Waals surface area contributed by atoms with Gasteiger partial charge in [0.05, 0.1) is 17.7 Å². The molecule has 1 unspecified atom stereocenters. The van der Waals surface area contributed by atoms with Gasteiger partial charge in [-0.1, -0.05) is 19.1 Å². The number of hydrogen-bond acceptors (Lipinski definition) is 4. The van der Waals surface area contributed by atoms with Crippen molar-refractivity contribution in [2.45, 2.75) is 25.8 Å². The van der Waals surface area contributed by atoms with Crippen molar-refractivity contribution in [1.29, 1.82) is 0 Å². The fourth-order valence-electron chi connectivity index (χ4n) is 1.55. The first kappa shape index (κ1) is 16.0. The maximum atomic E-state index is 11.8. The van der Waals surface area contributed by atoms with E-state index >= 15 is 0 Å². The van der Waals surface area contributed by atoms with Gasteiger partial charge in [-0.15, -0.1) is 0 Å². The molecular weight excluding hydrogens is 260 g/mol. The van der Waals surface area contributed by atoms with Crippen LogP contribution in [0, 0.1) is 0 Å². The SMILES string of the molecule is CCC(C)(CO)NC(=O)COc1ccccc1C(N)=O. The summed E-state index contributed by atoms with van der Waals surface area (Å²) in [5.74, 6) is -0.727. The fourth-order valence-corrected chi connectivity index (χ4v) is 1.55. The zero-order chi connectivity index (χ0) is 15.2. The predicted octanol–water partition coefficient (Wildman–Crippen LogP) is 0.441. The third kappa shape index (κ3) is 4.24. The van der Waals surface area contributed by atoms with Crippen molar-refractivity contribution in [2.24, 2.45) is 5.73 Å². The topological polar surface area (TPSA) is 102 Å². The number of carbonyl (C=O) groups is 2. The molecule has 0 fully saturated rings. The summed E-state index contributed by atoms with van der Waals surface area (Å²) in [6.07, 6.45) is 0.590. The summed E-state index contributed by atoms with van der Waals surface area (Å²) in [6, 6.07) is 6.44. The van der Waals surface area contributed by atoms with Gasteiger partial charge in [0, 0.05) is 0 Å². The first-order chi connectivity index (χ1) is 9.41. The summed E-state index contributed by atoms with van der Waals surface area (Å²) < 4.78 is 5.30. The molecule has 0 radical (unpaired) electrons. The van der Waals surface area contributed by atoms with Gasteiger partial charge in [-0.25, -0.2) is 0 Å². The number of carbonyl (C=O) groups excluding carboxylic acids is 2. The first-order valence-electron chi connectivity index (χ1n) is 6.35. The second-order valence-corrected chi connectivity index (χ2v) is 4.77. The number of nitrogens with one attached hydrogen (secondary N) is 1. The highest BCUT2D eigenvalue weighted by Crippen LogP contribution is 2.17. The number of aliphatic hydroxyl groups is 1. The molecule has 0 aliphatic carbocycles. The molecule has 0 aliphatic heterocycles. The number of nitrogens with two attached hydrogens (primary N) is 1. The highest BCUT2D eigenvalue weighted by Gasteiger charge is 2.23. The van der Waals surface area contributed by atoms with E-state index < -0.39 is 11.4 Å². The zero-order valence-electron chi connectivity index (χ0n) is 11.7. The van der Waals surface area contributed by atoms with E-state index in [-0.39, 0.29) is 30.4 Å². The molecular formula is C14H20N2O4. The van der Waals surface area contributed by atoms with Gasteiger partial charge in [-0.2, -0.15) is 0 Å². The largest absolute Gasteiger partial charge is 0.483 e. The summed E-state index contributed by atoms with van der Waals surface area (Å²) in [5.41, 5.74) is 4.76. The van der Waals surface area contributed by atoms with Crippen molar-refractivity contribution in [1.82, 2.24) is 5.32 Å². The lowest BCUT2D eigenvalue weighted by Crippen LogP contribution is -2.50. The van der Waals surface area contributed by atoms with Gasteiger partial charge in [0.25, 0.3) is 11.8 Å². The van der Waals surface area contributed by atoms with Gasteiger partial charge in [-0.3, -0.25) is 9.59 Å². The minimum atomic E-state index is -0.677. The Morgan fingerprint density at radius 3 is 2.60 bits per heavy atom. The van der Waals surface area contributed by atoms with Crippen LogP contribution in [0.15, 0.2) is 24.3 Å². The lowest BCUT2D eigenvalue weighted by Gasteiger charge is -2.27. The molecule has 4 N–H and O–H groups in total. The van der Waals surface area contributed by atoms with Gasteiger partial charge in [0.15, 0.2) is 6.61 Å². The Morgan fingerprint density at radius 1 is 1.40 bits per heavy atom. The van der Waals surface area contributed by atoms with Crippen molar-refractivity contribution < 1.29 is 19.4 Å². The van der Waals surface area contributed by atoms with E-state index in [0.29, 0.717) is 6.42 Å². The van der Waals surface area contributed by atoms with Gasteiger partial charge in [0.2, 0.25) is 0 Å². The average molecular weight is 280 g/mol. The minimum absolute atomic E-state index is 0.160. The summed E-state index contributed by atoms with van der Waals surface area (Å²) in [6.45, 7) is 3.19. The van der Waals surface area contributed by atoms with E-state index in [2.05, 4.69) is 5.32 Å². The van der Waals surface area contributed by atoms with Crippen molar-refractivity contribution >= 4 is 11.8 Å². The predicted molar refractivity (Wildman–Crippen MR) is 74.4 cm³/mol. The maximum absolute atomic E-state index is 11.8. The minimum Gasteiger partial charge on any atom is -0.483 e. The lowest BCUT2D eigenvalue weighted by molar-refractivity contribution is -0.125. The molecule has 0 saturated carbocycles. The smallest absolute Gasteiger partial charge is 0.258 e. The Hall–Kier alpha value is -2.08. The number of rotatable bonds is 7. The molecule has 1 aromatic carbocycles. The highest BCUT2D eigenvalue weighted by atomic mass is 16.5. The standard InChI is InChI=1S/C14H20N2O4/c1-3-14(2,9-17)16-12(18)8-20-11-7-5-4-6-10(11)13(15)19/h4-7,17H,3,8-9H2,1-2H3,(H2,15,19)(H,16,18). The molecule has 1 rings (SSSR count). The van der Waals surface area contributed by atoms with E-state index in [1.807, 2.05) is 6.92 Å². The van der Waals surface area contributed by atoms with Crippen LogP contribution in [0.25, 0.3) is 0 Å². The molecule has 0 spiro atoms. The molecule has 0 heterocycles. The third-order valence-corrected chi connectivity index (χ3v) is 3.08. The molecule has 0 saturated heterocycles. The fraction of sp³-hybridized carbons (Fsp3) is 0.429. The third-order valence-electron chi connectivity index (χ3n) is 3.08. The Balaban J connectivity index is 2.64. The molecule has 0 aliphatic rings. The summed E-state index contributed by atoms with van der Waals surface area (Å²) in [4.78, 5) is 23.0. The van der Waals surface area contributed by atoms with Crippen LogP contribution in [0.3, 0.4) is 0 Å². The molecule has 0 bridgehead atoms. The van der Waals surface area contributed by atoms with Crippen LogP contribution in [0.4, 0.5) is 0 Å².